The van der Waals surface area contributed by atoms with E-state index in [-0.39, 0.29) is 24.7 Å². The fourth-order valence-electron chi connectivity index (χ4n) is 5.13. The number of nitrogens with zero attached hydrogens (tertiary/aromatic N) is 3. The molecule has 1 aromatic carbocycles. The molecule has 0 bridgehead atoms. The summed E-state index contributed by atoms with van der Waals surface area (Å²) in [4.78, 5) is 24.3. The van der Waals surface area contributed by atoms with Crippen LogP contribution >= 0.6 is 11.6 Å². The number of amides is 1. The number of carbonyl (C=O) groups is 2. The number of aryl methyl sites for hydroxylation is 2. The lowest BCUT2D eigenvalue weighted by Gasteiger charge is -2.21. The first kappa shape index (κ1) is 24.7. The molecule has 7 nitrogen and oxygen atoms in total. The van der Waals surface area contributed by atoms with Gasteiger partial charge in [0.2, 0.25) is 5.91 Å². The molecule has 1 aromatic heterocycles. The number of anilines is 1. The van der Waals surface area contributed by atoms with Gasteiger partial charge in [0.1, 0.15) is 0 Å². The van der Waals surface area contributed by atoms with Crippen LogP contribution in [0.3, 0.4) is 0 Å². The molecule has 2 saturated carbocycles. The van der Waals surface area contributed by atoms with Crippen molar-refractivity contribution >= 4 is 29.2 Å². The molecular formula is C26H35ClN4O3. The maximum atomic E-state index is 12.9. The highest BCUT2D eigenvalue weighted by molar-refractivity contribution is 6.33. The Morgan fingerprint density at radius 2 is 1.97 bits per heavy atom. The highest BCUT2D eigenvalue weighted by Crippen LogP contribution is 2.44. The first-order valence-corrected chi connectivity index (χ1v) is 13.0. The van der Waals surface area contributed by atoms with E-state index in [1.165, 1.54) is 32.1 Å². The molecule has 2 aliphatic rings. The van der Waals surface area contributed by atoms with Crippen LogP contribution < -0.4 is 5.32 Å². The second kappa shape index (κ2) is 11.3. The third-order valence-corrected chi connectivity index (χ3v) is 7.48. The number of rotatable bonds is 11. The van der Waals surface area contributed by atoms with Crippen molar-refractivity contribution < 1.29 is 14.7 Å². The summed E-state index contributed by atoms with van der Waals surface area (Å²) in [6.07, 6.45) is 10.4. The third kappa shape index (κ3) is 6.59. The van der Waals surface area contributed by atoms with Crippen molar-refractivity contribution in [3.05, 3.63) is 40.2 Å². The minimum atomic E-state index is -0.871. The lowest BCUT2D eigenvalue weighted by molar-refractivity contribution is -0.137. The van der Waals surface area contributed by atoms with E-state index in [1.807, 2.05) is 23.7 Å². The molecule has 0 radical (unpaired) electrons. The summed E-state index contributed by atoms with van der Waals surface area (Å²) < 4.78 is 2.05. The smallest absolute Gasteiger partial charge is 0.303 e. The Labute approximate surface area is 206 Å². The van der Waals surface area contributed by atoms with Gasteiger partial charge in [-0.05, 0) is 56.2 Å². The second-order valence-electron chi connectivity index (χ2n) is 10.0. The van der Waals surface area contributed by atoms with E-state index in [2.05, 4.69) is 15.6 Å². The van der Waals surface area contributed by atoms with Crippen LogP contribution in [0.4, 0.5) is 5.69 Å². The van der Waals surface area contributed by atoms with Gasteiger partial charge in [0.05, 0.1) is 22.1 Å². The van der Waals surface area contributed by atoms with Crippen molar-refractivity contribution in [1.29, 1.82) is 0 Å². The molecule has 2 aliphatic carbocycles. The molecule has 4 rings (SSSR count). The van der Waals surface area contributed by atoms with Crippen LogP contribution in [0.15, 0.2) is 18.2 Å². The zero-order valence-electron chi connectivity index (χ0n) is 19.9. The van der Waals surface area contributed by atoms with Crippen molar-refractivity contribution in [1.82, 2.24) is 15.0 Å². The Hall–Kier alpha value is -2.41. The van der Waals surface area contributed by atoms with Gasteiger partial charge in [-0.1, -0.05) is 55.0 Å². The SMILES string of the molecule is Cc1ccc(NC(=O)CC(CCC(=O)O)c2nnn(CCC3CCCCC3)c2C2CC2)c(Cl)c1. The molecule has 0 saturated heterocycles. The second-order valence-corrected chi connectivity index (χ2v) is 10.4. The first-order valence-electron chi connectivity index (χ1n) is 12.6. The lowest BCUT2D eigenvalue weighted by Crippen LogP contribution is -2.18. The van der Waals surface area contributed by atoms with E-state index in [0.717, 1.165) is 48.7 Å². The Morgan fingerprint density at radius 1 is 1.21 bits per heavy atom. The van der Waals surface area contributed by atoms with E-state index >= 15 is 0 Å². The van der Waals surface area contributed by atoms with Crippen molar-refractivity contribution in [2.45, 2.75) is 95.9 Å². The summed E-state index contributed by atoms with van der Waals surface area (Å²) in [5, 5.41) is 21.7. The maximum absolute atomic E-state index is 12.9. The number of hydrogen-bond acceptors (Lipinski definition) is 4. The van der Waals surface area contributed by atoms with Crippen LogP contribution in [-0.4, -0.2) is 32.0 Å². The van der Waals surface area contributed by atoms with Gasteiger partial charge < -0.3 is 10.4 Å². The number of aromatic nitrogens is 3. The normalized spacial score (nSPS) is 17.5. The van der Waals surface area contributed by atoms with E-state index in [4.69, 9.17) is 11.6 Å². The van der Waals surface area contributed by atoms with E-state index in [1.54, 1.807) is 6.07 Å². The average Bonchev–Trinajstić information content (AvgIpc) is 3.56. The molecular weight excluding hydrogens is 452 g/mol. The predicted octanol–water partition coefficient (Wildman–Crippen LogP) is 6.06. The highest BCUT2D eigenvalue weighted by Gasteiger charge is 2.35. The largest absolute Gasteiger partial charge is 0.481 e. The zero-order valence-corrected chi connectivity index (χ0v) is 20.7. The van der Waals surface area contributed by atoms with Crippen molar-refractivity contribution in [2.75, 3.05) is 5.32 Å². The van der Waals surface area contributed by atoms with Crippen LogP contribution in [0.1, 0.15) is 99.4 Å². The molecule has 1 heterocycles. The molecule has 2 N–H and O–H groups in total. The van der Waals surface area contributed by atoms with Crippen LogP contribution in [0, 0.1) is 12.8 Å². The van der Waals surface area contributed by atoms with Gasteiger partial charge in [-0.15, -0.1) is 5.10 Å². The fraction of sp³-hybridized carbons (Fsp3) is 0.615. The number of carbonyl (C=O) groups excluding carboxylic acids is 1. The molecule has 8 heteroatoms. The van der Waals surface area contributed by atoms with Crippen LogP contribution in [-0.2, 0) is 16.1 Å². The maximum Gasteiger partial charge on any atom is 0.303 e. The third-order valence-electron chi connectivity index (χ3n) is 7.16. The number of nitrogens with one attached hydrogen (secondary N) is 1. The minimum absolute atomic E-state index is 0.0116. The molecule has 0 aliphatic heterocycles. The summed E-state index contributed by atoms with van der Waals surface area (Å²) in [5.74, 6) is -0.191. The monoisotopic (exact) mass is 486 g/mol. The Bertz CT molecular complexity index is 1010. The Morgan fingerprint density at radius 3 is 2.65 bits per heavy atom. The van der Waals surface area contributed by atoms with Crippen molar-refractivity contribution in [3.8, 4) is 0 Å². The average molecular weight is 487 g/mol. The summed E-state index contributed by atoms with van der Waals surface area (Å²) in [7, 11) is 0. The number of halogens is 1. The number of carboxylic acid groups (broad SMARTS) is 1. The fourth-order valence-corrected chi connectivity index (χ4v) is 5.41. The Kier molecular flexibility index (Phi) is 8.24. The minimum Gasteiger partial charge on any atom is -0.481 e. The van der Waals surface area contributed by atoms with Gasteiger partial charge in [-0.2, -0.15) is 0 Å². The van der Waals surface area contributed by atoms with Gasteiger partial charge in [0.25, 0.3) is 0 Å². The van der Waals surface area contributed by atoms with Gasteiger partial charge >= 0.3 is 5.97 Å². The highest BCUT2D eigenvalue weighted by atomic mass is 35.5. The van der Waals surface area contributed by atoms with Gasteiger partial charge in [-0.25, -0.2) is 4.68 Å². The molecule has 1 unspecified atom stereocenters. The van der Waals surface area contributed by atoms with Crippen LogP contribution in [0.25, 0.3) is 0 Å². The topological polar surface area (TPSA) is 97.1 Å². The number of benzene rings is 1. The van der Waals surface area contributed by atoms with E-state index in [9.17, 15) is 14.7 Å². The standard InChI is InChI=1S/C26H35ClN4O3/c1-17-7-11-22(21(27)15-17)28-23(32)16-20(10-12-24(33)34)25-26(19-8-9-19)31(30-29-25)14-13-18-5-3-2-4-6-18/h7,11,15,18-20H,2-6,8-10,12-14,16H2,1H3,(H,28,32)(H,33,34). The van der Waals surface area contributed by atoms with Crippen molar-refractivity contribution in [2.24, 2.45) is 5.92 Å². The number of aliphatic carboxylic acids is 1. The van der Waals surface area contributed by atoms with E-state index in [0.29, 0.717) is 23.0 Å². The molecule has 2 fully saturated rings. The molecule has 184 valence electrons. The summed E-state index contributed by atoms with van der Waals surface area (Å²) in [6.45, 7) is 2.79. The summed E-state index contributed by atoms with van der Waals surface area (Å²) in [6, 6.07) is 5.49. The predicted molar refractivity (Wildman–Crippen MR) is 132 cm³/mol. The molecule has 1 atom stereocenters. The summed E-state index contributed by atoms with van der Waals surface area (Å²) >= 11 is 6.29. The molecule has 0 spiro atoms. The number of carboxylic acids is 1. The summed E-state index contributed by atoms with van der Waals surface area (Å²) in [5.41, 5.74) is 3.50. The lowest BCUT2D eigenvalue weighted by atomic mass is 9.87. The molecule has 2 aromatic rings. The first-order chi connectivity index (χ1) is 16.4. The van der Waals surface area contributed by atoms with Crippen LogP contribution in [0.5, 0.6) is 0 Å². The van der Waals surface area contributed by atoms with Gasteiger partial charge in [-0.3, -0.25) is 9.59 Å². The molecule has 34 heavy (non-hydrogen) atoms. The quantitative estimate of drug-likeness (QED) is 0.402. The van der Waals surface area contributed by atoms with Gasteiger partial charge in [0.15, 0.2) is 0 Å². The molecule has 1 amide bonds. The Balaban J connectivity index is 1.49. The van der Waals surface area contributed by atoms with Gasteiger partial charge in [0, 0.05) is 31.2 Å². The van der Waals surface area contributed by atoms with Crippen LogP contribution in [0.2, 0.25) is 5.02 Å². The zero-order chi connectivity index (χ0) is 24.1. The van der Waals surface area contributed by atoms with Crippen molar-refractivity contribution in [3.63, 3.8) is 0 Å². The van der Waals surface area contributed by atoms with E-state index < -0.39 is 5.97 Å². The number of hydrogen-bond donors (Lipinski definition) is 2.